The molecule has 1 aliphatic heterocycles. The van der Waals surface area contributed by atoms with E-state index in [1.165, 1.54) is 34.8 Å². The molecule has 0 radical (unpaired) electrons. The molecule has 2 aromatic rings. The highest BCUT2D eigenvalue weighted by atomic mass is 32.2. The number of carbonyl (C=O) groups excluding carboxylic acids is 1. The Balaban J connectivity index is 1.80. The first kappa shape index (κ1) is 18.4. The van der Waals surface area contributed by atoms with Crippen LogP contribution in [0.2, 0.25) is 0 Å². The van der Waals surface area contributed by atoms with E-state index in [0.29, 0.717) is 13.0 Å². The minimum atomic E-state index is -3.72. The Morgan fingerprint density at radius 2 is 2.15 bits per heavy atom. The Morgan fingerprint density at radius 3 is 2.85 bits per heavy atom. The van der Waals surface area contributed by atoms with Gasteiger partial charge < -0.3 is 10.1 Å². The molecule has 9 heteroatoms. The number of anilines is 1. The lowest BCUT2D eigenvalue weighted by atomic mass is 10.2. The van der Waals surface area contributed by atoms with Crippen LogP contribution in [0.25, 0.3) is 0 Å². The van der Waals surface area contributed by atoms with Gasteiger partial charge in [-0.05, 0) is 24.6 Å². The van der Waals surface area contributed by atoms with Gasteiger partial charge in [0.2, 0.25) is 10.0 Å². The number of hydrogen-bond acceptors (Lipinski definition) is 5. The highest BCUT2D eigenvalue weighted by molar-refractivity contribution is 7.89. The maximum absolute atomic E-state index is 13.2. The van der Waals surface area contributed by atoms with E-state index in [9.17, 15) is 17.6 Å². The normalized spacial score (nSPS) is 18.0. The number of nitrogens with one attached hydrogen (secondary N) is 1. The summed E-state index contributed by atoms with van der Waals surface area (Å²) in [5.41, 5.74) is 0.337. The number of hydrogen-bond donors (Lipinski definition) is 1. The van der Waals surface area contributed by atoms with E-state index in [-0.39, 0.29) is 28.8 Å². The molecule has 1 N–H and O–H groups in total. The molecule has 0 saturated carbocycles. The van der Waals surface area contributed by atoms with Gasteiger partial charge in [0.05, 0.1) is 29.1 Å². The molecule has 1 unspecified atom stereocenters. The first-order valence-electron chi connectivity index (χ1n) is 7.95. The Kier molecular flexibility index (Phi) is 5.30. The largest absolute Gasteiger partial charge is 0.380 e. The molecule has 1 atom stereocenters. The molecule has 1 amide bonds. The number of pyridine rings is 1. The fourth-order valence-electron chi connectivity index (χ4n) is 2.74. The van der Waals surface area contributed by atoms with Gasteiger partial charge in [0.15, 0.2) is 0 Å². The van der Waals surface area contributed by atoms with Crippen molar-refractivity contribution in [3.63, 3.8) is 0 Å². The van der Waals surface area contributed by atoms with Gasteiger partial charge in [0.1, 0.15) is 5.82 Å². The molecule has 26 heavy (non-hydrogen) atoms. The van der Waals surface area contributed by atoms with E-state index >= 15 is 0 Å². The lowest BCUT2D eigenvalue weighted by Gasteiger charge is -2.16. The number of methoxy groups -OCH3 is 1. The van der Waals surface area contributed by atoms with Crippen LogP contribution in [0.15, 0.2) is 47.6 Å². The van der Waals surface area contributed by atoms with Crippen molar-refractivity contribution in [1.82, 2.24) is 9.29 Å². The molecule has 138 valence electrons. The van der Waals surface area contributed by atoms with Crippen molar-refractivity contribution in [2.24, 2.45) is 0 Å². The second-order valence-corrected chi connectivity index (χ2v) is 7.82. The monoisotopic (exact) mass is 379 g/mol. The number of nitrogens with zero attached hydrogens (tertiary/aromatic N) is 2. The predicted octanol–water partition coefficient (Wildman–Crippen LogP) is 1.88. The summed E-state index contributed by atoms with van der Waals surface area (Å²) >= 11 is 0. The topological polar surface area (TPSA) is 88.6 Å². The maximum Gasteiger partial charge on any atom is 0.255 e. The van der Waals surface area contributed by atoms with Crippen LogP contribution in [0.5, 0.6) is 0 Å². The quantitative estimate of drug-likeness (QED) is 0.857. The van der Waals surface area contributed by atoms with Crippen LogP contribution in [0.3, 0.4) is 0 Å². The predicted molar refractivity (Wildman–Crippen MR) is 92.8 cm³/mol. The van der Waals surface area contributed by atoms with Crippen molar-refractivity contribution in [2.45, 2.75) is 17.4 Å². The molecule has 0 bridgehead atoms. The molecular weight excluding hydrogens is 361 g/mol. The third kappa shape index (κ3) is 3.90. The third-order valence-corrected chi connectivity index (χ3v) is 6.00. The highest BCUT2D eigenvalue weighted by Gasteiger charge is 2.32. The summed E-state index contributed by atoms with van der Waals surface area (Å²) in [7, 11) is -2.17. The van der Waals surface area contributed by atoms with E-state index in [1.807, 2.05) is 0 Å². The van der Waals surface area contributed by atoms with Crippen molar-refractivity contribution in [3.05, 3.63) is 54.1 Å². The van der Waals surface area contributed by atoms with Crippen LogP contribution < -0.4 is 5.32 Å². The molecule has 1 aromatic heterocycles. The lowest BCUT2D eigenvalue weighted by molar-refractivity contribution is 0.102. The van der Waals surface area contributed by atoms with Crippen molar-refractivity contribution >= 4 is 21.6 Å². The van der Waals surface area contributed by atoms with Crippen molar-refractivity contribution in [1.29, 1.82) is 0 Å². The van der Waals surface area contributed by atoms with Gasteiger partial charge in [-0.15, -0.1) is 0 Å². The zero-order chi connectivity index (χ0) is 18.7. The van der Waals surface area contributed by atoms with Crippen LogP contribution in [0.4, 0.5) is 10.1 Å². The first-order chi connectivity index (χ1) is 12.4. The van der Waals surface area contributed by atoms with Crippen LogP contribution in [-0.4, -0.2) is 49.9 Å². The van der Waals surface area contributed by atoms with E-state index in [0.717, 1.165) is 12.3 Å². The van der Waals surface area contributed by atoms with Gasteiger partial charge in [0, 0.05) is 31.8 Å². The number of benzene rings is 1. The fraction of sp³-hybridized carbons (Fsp3) is 0.294. The summed E-state index contributed by atoms with van der Waals surface area (Å²) in [4.78, 5) is 16.0. The Labute approximate surface area is 150 Å². The molecule has 0 aliphatic carbocycles. The first-order valence-corrected chi connectivity index (χ1v) is 9.39. The number of amides is 1. The fourth-order valence-corrected chi connectivity index (χ4v) is 4.27. The zero-order valence-electron chi connectivity index (χ0n) is 14.1. The van der Waals surface area contributed by atoms with Crippen molar-refractivity contribution < 1.29 is 22.3 Å². The third-order valence-electron chi connectivity index (χ3n) is 4.14. The summed E-state index contributed by atoms with van der Waals surface area (Å²) in [6.07, 6.45) is 2.82. The summed E-state index contributed by atoms with van der Waals surface area (Å²) in [6.45, 7) is 0.649. The molecule has 7 nitrogen and oxygen atoms in total. The van der Waals surface area contributed by atoms with Gasteiger partial charge in [-0.2, -0.15) is 4.31 Å². The van der Waals surface area contributed by atoms with E-state index in [4.69, 9.17) is 4.74 Å². The summed E-state index contributed by atoms with van der Waals surface area (Å²) in [6, 6.07) is 6.85. The van der Waals surface area contributed by atoms with Gasteiger partial charge >= 0.3 is 0 Å². The number of halogens is 1. The Morgan fingerprint density at radius 1 is 1.35 bits per heavy atom. The minimum absolute atomic E-state index is 0.0271. The van der Waals surface area contributed by atoms with Gasteiger partial charge in [-0.25, -0.2) is 12.8 Å². The highest BCUT2D eigenvalue weighted by Crippen LogP contribution is 2.23. The van der Waals surface area contributed by atoms with Crippen LogP contribution in [-0.2, 0) is 14.8 Å². The number of sulfonamides is 1. The summed E-state index contributed by atoms with van der Waals surface area (Å²) in [5.74, 6) is -1.13. The molecule has 1 aliphatic rings. The molecule has 1 fully saturated rings. The average Bonchev–Trinajstić information content (AvgIpc) is 3.12. The lowest BCUT2D eigenvalue weighted by Crippen LogP contribution is -2.30. The molecule has 1 saturated heterocycles. The van der Waals surface area contributed by atoms with Crippen LogP contribution in [0.1, 0.15) is 16.8 Å². The summed E-state index contributed by atoms with van der Waals surface area (Å²) in [5, 5.41) is 2.49. The summed E-state index contributed by atoms with van der Waals surface area (Å²) < 4.78 is 45.2. The van der Waals surface area contributed by atoms with Gasteiger partial charge in [0.25, 0.3) is 5.91 Å². The number of aromatic nitrogens is 1. The molecule has 0 spiro atoms. The second-order valence-electron chi connectivity index (χ2n) is 5.88. The van der Waals surface area contributed by atoms with Gasteiger partial charge in [-0.3, -0.25) is 9.78 Å². The van der Waals surface area contributed by atoms with Crippen molar-refractivity contribution in [2.75, 3.05) is 25.5 Å². The SMILES string of the molecule is COC1CCN(S(=O)(=O)c2cccc(C(=O)Nc3cncc(F)c3)c2)C1. The zero-order valence-corrected chi connectivity index (χ0v) is 14.9. The van der Waals surface area contributed by atoms with E-state index in [2.05, 4.69) is 10.3 Å². The Hall–Kier alpha value is -2.36. The van der Waals surface area contributed by atoms with E-state index in [1.54, 1.807) is 7.11 Å². The van der Waals surface area contributed by atoms with Crippen LogP contribution in [0, 0.1) is 5.82 Å². The average molecular weight is 379 g/mol. The number of ether oxygens (including phenoxy) is 1. The van der Waals surface area contributed by atoms with E-state index < -0.39 is 21.7 Å². The number of rotatable bonds is 5. The van der Waals surface area contributed by atoms with Crippen LogP contribution >= 0.6 is 0 Å². The molecule has 2 heterocycles. The standard InChI is InChI=1S/C17H18FN3O4S/c1-25-15-5-6-21(11-15)26(23,24)16-4-2-3-12(7-16)17(22)20-14-8-13(18)9-19-10-14/h2-4,7-10,15H,5-6,11H2,1H3,(H,20,22). The Bertz CT molecular complexity index is 920. The number of carbonyl (C=O) groups is 1. The van der Waals surface area contributed by atoms with Crippen molar-refractivity contribution in [3.8, 4) is 0 Å². The molecule has 1 aromatic carbocycles. The molecule has 3 rings (SSSR count). The maximum atomic E-state index is 13.2. The molecular formula is C17H18FN3O4S. The van der Waals surface area contributed by atoms with Gasteiger partial charge in [-0.1, -0.05) is 6.07 Å². The second kappa shape index (κ2) is 7.48. The minimum Gasteiger partial charge on any atom is -0.380 e. The smallest absolute Gasteiger partial charge is 0.255 e.